The molecular weight excluding hydrogens is 168 g/mol. The second-order valence-corrected chi connectivity index (χ2v) is 3.68. The maximum atomic E-state index is 5.64. The second kappa shape index (κ2) is 3.29. The Hall–Kier alpha value is -1.17. The van der Waals surface area contributed by atoms with Gasteiger partial charge in [-0.2, -0.15) is 0 Å². The van der Waals surface area contributed by atoms with Crippen LogP contribution in [0.15, 0.2) is 0 Å². The topological polar surface area (TPSA) is 72.9 Å². The predicted octanol–water partition coefficient (Wildman–Crippen LogP) is -0.616. The molecule has 0 aliphatic heterocycles. The van der Waals surface area contributed by atoms with Crippen LogP contribution in [0.25, 0.3) is 0 Å². The first-order chi connectivity index (χ1) is 5.99. The summed E-state index contributed by atoms with van der Waals surface area (Å²) in [6.45, 7) is 4.64. The molecular formula is C7H16N6. The lowest BCUT2D eigenvalue weighted by Crippen LogP contribution is -2.48. The van der Waals surface area contributed by atoms with Crippen LogP contribution < -0.4 is 10.6 Å². The number of hydrogen-bond donors (Lipinski definition) is 1. The molecule has 0 saturated carbocycles. The summed E-state index contributed by atoms with van der Waals surface area (Å²) in [5, 5.41) is 11.2. The number of anilines is 1. The molecule has 0 bridgehead atoms. The van der Waals surface area contributed by atoms with Gasteiger partial charge in [0.05, 0.1) is 0 Å². The molecule has 1 aromatic heterocycles. The molecule has 1 rings (SSSR count). The van der Waals surface area contributed by atoms with Gasteiger partial charge in [0.1, 0.15) is 0 Å². The summed E-state index contributed by atoms with van der Waals surface area (Å²) in [5.74, 6) is 0.718. The molecule has 0 saturated heterocycles. The average Bonchev–Trinajstić information content (AvgIpc) is 2.50. The minimum absolute atomic E-state index is 0.136. The number of nitrogens with two attached hydrogens (primary N) is 1. The van der Waals surface area contributed by atoms with Crippen molar-refractivity contribution in [3.05, 3.63) is 0 Å². The molecule has 6 nitrogen and oxygen atoms in total. The summed E-state index contributed by atoms with van der Waals surface area (Å²) in [6.07, 6.45) is 0. The molecule has 0 aromatic carbocycles. The fraction of sp³-hybridized carbons (Fsp3) is 0.857. The highest BCUT2D eigenvalue weighted by atomic mass is 15.6. The Labute approximate surface area is 77.7 Å². The Kier molecular flexibility index (Phi) is 2.51. The van der Waals surface area contributed by atoms with E-state index in [1.807, 2.05) is 25.8 Å². The number of hydrogen-bond acceptors (Lipinski definition) is 5. The highest BCUT2D eigenvalue weighted by Gasteiger charge is 2.25. The summed E-state index contributed by atoms with van der Waals surface area (Å²) < 4.78 is 1.62. The molecule has 6 heteroatoms. The third kappa shape index (κ3) is 1.77. The van der Waals surface area contributed by atoms with E-state index in [-0.39, 0.29) is 5.54 Å². The molecule has 0 unspecified atom stereocenters. The van der Waals surface area contributed by atoms with Crippen molar-refractivity contribution in [1.82, 2.24) is 20.2 Å². The normalized spacial score (nSPS) is 11.8. The highest BCUT2D eigenvalue weighted by molar-refractivity contribution is 5.31. The van der Waals surface area contributed by atoms with Crippen LogP contribution in [0, 0.1) is 0 Å². The zero-order valence-electron chi connectivity index (χ0n) is 8.52. The van der Waals surface area contributed by atoms with E-state index < -0.39 is 0 Å². The highest BCUT2D eigenvalue weighted by Crippen LogP contribution is 2.16. The zero-order valence-corrected chi connectivity index (χ0v) is 8.52. The van der Waals surface area contributed by atoms with Gasteiger partial charge in [-0.15, -0.1) is 0 Å². The third-order valence-electron chi connectivity index (χ3n) is 2.31. The molecule has 0 aliphatic carbocycles. The van der Waals surface area contributed by atoms with Crippen LogP contribution in [-0.4, -0.2) is 39.3 Å². The molecule has 13 heavy (non-hydrogen) atoms. The number of tetrazole rings is 1. The minimum atomic E-state index is -0.136. The monoisotopic (exact) mass is 184 g/mol. The molecule has 74 valence electrons. The Bertz CT molecular complexity index is 278. The van der Waals surface area contributed by atoms with Crippen LogP contribution in [0.2, 0.25) is 0 Å². The first-order valence-electron chi connectivity index (χ1n) is 4.15. The molecule has 0 amide bonds. The van der Waals surface area contributed by atoms with Crippen molar-refractivity contribution >= 4 is 5.95 Å². The van der Waals surface area contributed by atoms with Crippen LogP contribution in [0.5, 0.6) is 0 Å². The Morgan fingerprint density at radius 1 is 1.54 bits per heavy atom. The van der Waals surface area contributed by atoms with E-state index in [4.69, 9.17) is 5.73 Å². The van der Waals surface area contributed by atoms with Crippen LogP contribution >= 0.6 is 0 Å². The number of likely N-dealkylation sites (N-methyl/N-ethyl adjacent to an activating group) is 1. The van der Waals surface area contributed by atoms with Crippen molar-refractivity contribution in [3.63, 3.8) is 0 Å². The molecule has 1 aromatic rings. The lowest BCUT2D eigenvalue weighted by atomic mass is 10.1. The van der Waals surface area contributed by atoms with Crippen molar-refractivity contribution in [3.8, 4) is 0 Å². The maximum absolute atomic E-state index is 5.64. The second-order valence-electron chi connectivity index (χ2n) is 3.68. The van der Waals surface area contributed by atoms with Crippen molar-refractivity contribution in [2.24, 2.45) is 12.8 Å². The van der Waals surface area contributed by atoms with E-state index in [1.54, 1.807) is 11.7 Å². The van der Waals surface area contributed by atoms with Crippen LogP contribution in [0.4, 0.5) is 5.95 Å². The Morgan fingerprint density at radius 2 is 2.15 bits per heavy atom. The number of nitrogens with zero attached hydrogens (tertiary/aromatic N) is 5. The van der Waals surface area contributed by atoms with Gasteiger partial charge in [-0.1, -0.05) is 5.10 Å². The maximum Gasteiger partial charge on any atom is 0.245 e. The van der Waals surface area contributed by atoms with E-state index in [2.05, 4.69) is 15.5 Å². The van der Waals surface area contributed by atoms with E-state index >= 15 is 0 Å². The van der Waals surface area contributed by atoms with Gasteiger partial charge in [0.15, 0.2) is 0 Å². The summed E-state index contributed by atoms with van der Waals surface area (Å²) in [6, 6.07) is 0. The molecule has 1 heterocycles. The zero-order chi connectivity index (χ0) is 10.1. The summed E-state index contributed by atoms with van der Waals surface area (Å²) in [5.41, 5.74) is 5.51. The van der Waals surface area contributed by atoms with Crippen molar-refractivity contribution in [1.29, 1.82) is 0 Å². The SMILES string of the molecule is CN(c1nnnn1C)C(C)(C)CN. The van der Waals surface area contributed by atoms with Gasteiger partial charge in [0.25, 0.3) is 0 Å². The molecule has 0 fully saturated rings. The van der Waals surface area contributed by atoms with Gasteiger partial charge in [-0.3, -0.25) is 0 Å². The molecule has 0 aliphatic rings. The van der Waals surface area contributed by atoms with E-state index in [1.165, 1.54) is 0 Å². The lowest BCUT2D eigenvalue weighted by Gasteiger charge is -2.34. The summed E-state index contributed by atoms with van der Waals surface area (Å²) >= 11 is 0. The average molecular weight is 184 g/mol. The number of aryl methyl sites for hydroxylation is 1. The van der Waals surface area contributed by atoms with Gasteiger partial charge < -0.3 is 10.6 Å². The first-order valence-corrected chi connectivity index (χ1v) is 4.15. The summed E-state index contributed by atoms with van der Waals surface area (Å²) in [7, 11) is 3.73. The van der Waals surface area contributed by atoms with Gasteiger partial charge in [0.2, 0.25) is 5.95 Å². The van der Waals surface area contributed by atoms with Crippen molar-refractivity contribution < 1.29 is 0 Å². The largest absolute Gasteiger partial charge is 0.336 e. The molecule has 0 spiro atoms. The molecule has 0 atom stereocenters. The van der Waals surface area contributed by atoms with Crippen molar-refractivity contribution in [2.45, 2.75) is 19.4 Å². The number of rotatable bonds is 3. The first kappa shape index (κ1) is 9.91. The smallest absolute Gasteiger partial charge is 0.245 e. The Balaban J connectivity index is 2.91. The standard InChI is InChI=1S/C7H16N6/c1-7(2,5-8)12(3)6-9-10-11-13(6)4/h5,8H2,1-4H3. The van der Waals surface area contributed by atoms with Gasteiger partial charge in [0, 0.05) is 26.2 Å². The minimum Gasteiger partial charge on any atom is -0.336 e. The Morgan fingerprint density at radius 3 is 2.54 bits per heavy atom. The number of aromatic nitrogens is 4. The molecule has 0 radical (unpaired) electrons. The van der Waals surface area contributed by atoms with Crippen molar-refractivity contribution in [2.75, 3.05) is 18.5 Å². The fourth-order valence-electron chi connectivity index (χ4n) is 0.917. The summed E-state index contributed by atoms with van der Waals surface area (Å²) in [4.78, 5) is 1.97. The predicted molar refractivity (Wildman–Crippen MR) is 50.3 cm³/mol. The molecule has 2 N–H and O–H groups in total. The van der Waals surface area contributed by atoms with Crippen LogP contribution in [0.3, 0.4) is 0 Å². The third-order valence-corrected chi connectivity index (χ3v) is 2.31. The van der Waals surface area contributed by atoms with Gasteiger partial charge in [-0.05, 0) is 24.3 Å². The quantitative estimate of drug-likeness (QED) is 0.678. The van der Waals surface area contributed by atoms with Crippen LogP contribution in [-0.2, 0) is 7.05 Å². The van der Waals surface area contributed by atoms with Gasteiger partial charge in [-0.25, -0.2) is 4.68 Å². The van der Waals surface area contributed by atoms with Gasteiger partial charge >= 0.3 is 0 Å². The fourth-order valence-corrected chi connectivity index (χ4v) is 0.917. The van der Waals surface area contributed by atoms with E-state index in [0.29, 0.717) is 6.54 Å². The van der Waals surface area contributed by atoms with E-state index in [9.17, 15) is 0 Å². The van der Waals surface area contributed by atoms with Crippen LogP contribution in [0.1, 0.15) is 13.8 Å². The van der Waals surface area contributed by atoms with E-state index in [0.717, 1.165) is 5.95 Å². The lowest BCUT2D eigenvalue weighted by molar-refractivity contribution is 0.482.